The van der Waals surface area contributed by atoms with Gasteiger partial charge in [0.25, 0.3) is 0 Å². The number of nitrogens with zero attached hydrogens (tertiary/aromatic N) is 2. The smallest absolute Gasteiger partial charge is 0.234 e. The normalized spacial score (nSPS) is 23.9. The molecule has 1 aromatic heterocycles. The van der Waals surface area contributed by atoms with Gasteiger partial charge in [0, 0.05) is 38.4 Å². The van der Waals surface area contributed by atoms with Crippen LogP contribution in [0.1, 0.15) is 20.8 Å². The maximum atomic E-state index is 11.7. The zero-order valence-corrected chi connectivity index (χ0v) is 13.6. The van der Waals surface area contributed by atoms with Crippen LogP contribution < -0.4 is 15.5 Å². The van der Waals surface area contributed by atoms with Gasteiger partial charge in [0.15, 0.2) is 5.15 Å². The van der Waals surface area contributed by atoms with Crippen LogP contribution in [0.5, 0.6) is 0 Å². The molecule has 1 aromatic rings. The third-order valence-electron chi connectivity index (χ3n) is 3.65. The van der Waals surface area contributed by atoms with Crippen molar-refractivity contribution in [2.24, 2.45) is 5.41 Å². The molecule has 0 aromatic carbocycles. The van der Waals surface area contributed by atoms with Crippen LogP contribution in [0.2, 0.25) is 5.15 Å². The molecule has 1 amide bonds. The molecule has 116 valence electrons. The first-order valence-corrected chi connectivity index (χ1v) is 7.66. The molecular weight excluding hydrogens is 288 g/mol. The molecule has 0 aliphatic carbocycles. The monoisotopic (exact) mass is 310 g/mol. The summed E-state index contributed by atoms with van der Waals surface area (Å²) >= 11 is 5.89. The van der Waals surface area contributed by atoms with E-state index < -0.39 is 0 Å². The molecule has 3 heterocycles. The van der Waals surface area contributed by atoms with Gasteiger partial charge in [0.2, 0.25) is 5.91 Å². The first-order valence-electron chi connectivity index (χ1n) is 7.28. The van der Waals surface area contributed by atoms with E-state index >= 15 is 0 Å². The molecule has 2 saturated heterocycles. The number of anilines is 1. The molecule has 2 aliphatic heterocycles. The van der Waals surface area contributed by atoms with Gasteiger partial charge >= 0.3 is 0 Å². The molecule has 5 nitrogen and oxygen atoms in total. The predicted molar refractivity (Wildman–Crippen MR) is 85.7 cm³/mol. The van der Waals surface area contributed by atoms with Crippen LogP contribution in [0.15, 0.2) is 18.3 Å². The second-order valence-corrected chi connectivity index (χ2v) is 6.51. The molecule has 2 N–H and O–H groups in total. The number of nitrogens with one attached hydrogen (secondary N) is 2. The van der Waals surface area contributed by atoms with Crippen molar-refractivity contribution in [2.75, 3.05) is 31.1 Å². The number of aromatic nitrogens is 1. The van der Waals surface area contributed by atoms with Gasteiger partial charge in [-0.25, -0.2) is 4.98 Å². The van der Waals surface area contributed by atoms with Crippen LogP contribution in [0.4, 0.5) is 5.69 Å². The van der Waals surface area contributed by atoms with Gasteiger partial charge in [-0.3, -0.25) is 4.79 Å². The predicted octanol–water partition coefficient (Wildman–Crippen LogP) is 1.68. The summed E-state index contributed by atoms with van der Waals surface area (Å²) in [6.07, 6.45) is 1.61. The average molecular weight is 311 g/mol. The SMILES string of the molecule is CC1(C)CN(c2cccnc2Cl)C1=O.C[C@@H]1CNCCN1. The number of carbonyl (C=O) groups excluding carboxylic acids is 1. The van der Waals surface area contributed by atoms with Gasteiger partial charge < -0.3 is 15.5 Å². The van der Waals surface area contributed by atoms with Gasteiger partial charge in [-0.05, 0) is 32.9 Å². The fraction of sp³-hybridized carbons (Fsp3) is 0.600. The average Bonchev–Trinajstić information content (AvgIpc) is 2.47. The number of piperazine rings is 1. The molecule has 0 radical (unpaired) electrons. The summed E-state index contributed by atoms with van der Waals surface area (Å²) in [6.45, 7) is 10.1. The van der Waals surface area contributed by atoms with Crippen molar-refractivity contribution >= 4 is 23.2 Å². The third-order valence-corrected chi connectivity index (χ3v) is 3.94. The number of pyridine rings is 1. The quantitative estimate of drug-likeness (QED) is 0.612. The lowest BCUT2D eigenvalue weighted by Gasteiger charge is -2.44. The first-order chi connectivity index (χ1) is 9.92. The van der Waals surface area contributed by atoms with E-state index in [4.69, 9.17) is 11.6 Å². The Bertz CT molecular complexity index is 500. The maximum Gasteiger partial charge on any atom is 0.234 e. The van der Waals surface area contributed by atoms with E-state index in [0.717, 1.165) is 19.6 Å². The van der Waals surface area contributed by atoms with E-state index in [2.05, 4.69) is 22.5 Å². The summed E-state index contributed by atoms with van der Waals surface area (Å²) in [5.41, 5.74) is 0.456. The highest BCUT2D eigenvalue weighted by Gasteiger charge is 2.45. The van der Waals surface area contributed by atoms with E-state index in [9.17, 15) is 4.79 Å². The lowest BCUT2D eigenvalue weighted by Crippen LogP contribution is -2.58. The Kier molecular flexibility index (Phi) is 5.19. The lowest BCUT2D eigenvalue weighted by molar-refractivity contribution is -0.132. The molecule has 0 spiro atoms. The number of carbonyl (C=O) groups is 1. The largest absolute Gasteiger partial charge is 0.314 e. The van der Waals surface area contributed by atoms with Gasteiger partial charge in [0.1, 0.15) is 0 Å². The topological polar surface area (TPSA) is 57.3 Å². The van der Waals surface area contributed by atoms with Gasteiger partial charge in [0.05, 0.1) is 11.1 Å². The summed E-state index contributed by atoms with van der Waals surface area (Å²) in [7, 11) is 0. The van der Waals surface area contributed by atoms with Gasteiger partial charge in [-0.1, -0.05) is 11.6 Å². The summed E-state index contributed by atoms with van der Waals surface area (Å²) < 4.78 is 0. The summed E-state index contributed by atoms with van der Waals surface area (Å²) in [4.78, 5) is 17.3. The highest BCUT2D eigenvalue weighted by Crippen LogP contribution is 2.37. The Morgan fingerprint density at radius 2 is 2.19 bits per heavy atom. The highest BCUT2D eigenvalue weighted by atomic mass is 35.5. The van der Waals surface area contributed by atoms with Crippen LogP contribution in [-0.4, -0.2) is 43.1 Å². The van der Waals surface area contributed by atoms with Gasteiger partial charge in [-0.15, -0.1) is 0 Å². The lowest BCUT2D eigenvalue weighted by atomic mass is 9.83. The van der Waals surface area contributed by atoms with Crippen molar-refractivity contribution in [3.05, 3.63) is 23.5 Å². The minimum absolute atomic E-state index is 0.104. The van der Waals surface area contributed by atoms with E-state index in [-0.39, 0.29) is 11.3 Å². The molecule has 6 heteroatoms. The Morgan fingerprint density at radius 3 is 2.62 bits per heavy atom. The van der Waals surface area contributed by atoms with Crippen molar-refractivity contribution in [3.63, 3.8) is 0 Å². The van der Waals surface area contributed by atoms with E-state index in [1.807, 2.05) is 19.9 Å². The van der Waals surface area contributed by atoms with Crippen LogP contribution in [0.3, 0.4) is 0 Å². The molecule has 2 aliphatic rings. The van der Waals surface area contributed by atoms with E-state index in [1.54, 1.807) is 17.2 Å². The molecular formula is C15H23ClN4O. The Labute approximate surface area is 131 Å². The second kappa shape index (κ2) is 6.73. The summed E-state index contributed by atoms with van der Waals surface area (Å²) in [6, 6.07) is 4.26. The van der Waals surface area contributed by atoms with Crippen LogP contribution in [-0.2, 0) is 4.79 Å². The van der Waals surface area contributed by atoms with E-state index in [1.165, 1.54) is 0 Å². The third kappa shape index (κ3) is 3.93. The Balaban J connectivity index is 0.000000194. The first kappa shape index (κ1) is 16.2. The molecule has 3 rings (SSSR count). The Morgan fingerprint density at radius 1 is 1.43 bits per heavy atom. The van der Waals surface area contributed by atoms with Crippen molar-refractivity contribution in [1.29, 1.82) is 0 Å². The molecule has 0 saturated carbocycles. The standard InChI is InChI=1S/C10H11ClN2O.C5H12N2/c1-10(2)6-13(9(10)14)7-4-3-5-12-8(7)11;1-5-4-6-2-3-7-5/h3-5H,6H2,1-2H3;5-7H,2-4H2,1H3/t;5-/m.1/s1. The van der Waals surface area contributed by atoms with Crippen LogP contribution in [0, 0.1) is 5.41 Å². The number of halogens is 1. The van der Waals surface area contributed by atoms with Crippen LogP contribution >= 0.6 is 11.6 Å². The zero-order chi connectivity index (χ0) is 15.5. The highest BCUT2D eigenvalue weighted by molar-refractivity contribution is 6.32. The van der Waals surface area contributed by atoms with Crippen LogP contribution in [0.25, 0.3) is 0 Å². The molecule has 1 atom stereocenters. The fourth-order valence-corrected chi connectivity index (χ4v) is 2.60. The maximum absolute atomic E-state index is 11.7. The van der Waals surface area contributed by atoms with Crippen molar-refractivity contribution < 1.29 is 4.79 Å². The molecule has 0 bridgehead atoms. The van der Waals surface area contributed by atoms with Crippen molar-refractivity contribution in [3.8, 4) is 0 Å². The molecule has 21 heavy (non-hydrogen) atoms. The number of hydrogen-bond acceptors (Lipinski definition) is 4. The van der Waals surface area contributed by atoms with E-state index in [0.29, 0.717) is 23.4 Å². The minimum atomic E-state index is -0.251. The Hall–Kier alpha value is -1.17. The van der Waals surface area contributed by atoms with Crippen molar-refractivity contribution in [1.82, 2.24) is 15.6 Å². The number of rotatable bonds is 1. The summed E-state index contributed by atoms with van der Waals surface area (Å²) in [5, 5.41) is 6.98. The number of β-lactam (4-membered cyclic amide) rings is 1. The molecule has 2 fully saturated rings. The zero-order valence-electron chi connectivity index (χ0n) is 12.8. The van der Waals surface area contributed by atoms with Crippen molar-refractivity contribution in [2.45, 2.75) is 26.8 Å². The van der Waals surface area contributed by atoms with Gasteiger partial charge in [-0.2, -0.15) is 0 Å². The number of hydrogen-bond donors (Lipinski definition) is 2. The second-order valence-electron chi connectivity index (χ2n) is 6.15. The summed E-state index contributed by atoms with van der Waals surface area (Å²) in [5.74, 6) is 0.104. The number of amides is 1. The minimum Gasteiger partial charge on any atom is -0.314 e. The molecule has 0 unspecified atom stereocenters. The fourth-order valence-electron chi connectivity index (χ4n) is 2.38.